The van der Waals surface area contributed by atoms with Gasteiger partial charge in [-0.15, -0.1) is 0 Å². The Morgan fingerprint density at radius 3 is 2.67 bits per heavy atom. The van der Waals surface area contributed by atoms with Crippen molar-refractivity contribution in [1.29, 1.82) is 0 Å². The van der Waals surface area contributed by atoms with Gasteiger partial charge in [0.1, 0.15) is 0 Å². The number of aromatic nitrogens is 6. The molecule has 0 atom stereocenters. The molecule has 0 saturated heterocycles. The number of nitrogens with zero attached hydrogens (tertiary/aromatic N) is 5. The van der Waals surface area contributed by atoms with Gasteiger partial charge in [0.2, 0.25) is 11.8 Å². The molecule has 0 aliphatic carbocycles. The Labute approximate surface area is 117 Å². The first-order valence-corrected chi connectivity index (χ1v) is 6.16. The standard InChI is InChI=1S/C11H13N7O3/c1-5-13-6(21-16-5)4-12-10-14-7-8(15-10)17(2)11(20)18(3)9(7)19/h4H2,1-3H3,(H2,12,14,15). The van der Waals surface area contributed by atoms with Crippen LogP contribution in [-0.2, 0) is 20.6 Å². The van der Waals surface area contributed by atoms with Crippen molar-refractivity contribution in [3.05, 3.63) is 32.6 Å². The molecule has 2 N–H and O–H groups in total. The number of aryl methyl sites for hydroxylation is 2. The number of aromatic amines is 1. The molecule has 0 radical (unpaired) electrons. The van der Waals surface area contributed by atoms with Gasteiger partial charge in [-0.25, -0.2) is 4.79 Å². The summed E-state index contributed by atoms with van der Waals surface area (Å²) in [7, 11) is 2.97. The van der Waals surface area contributed by atoms with Crippen molar-refractivity contribution >= 4 is 17.1 Å². The summed E-state index contributed by atoms with van der Waals surface area (Å²) in [5.41, 5.74) is -0.323. The summed E-state index contributed by atoms with van der Waals surface area (Å²) in [5, 5.41) is 6.60. The average Bonchev–Trinajstić information content (AvgIpc) is 3.07. The van der Waals surface area contributed by atoms with E-state index in [1.54, 1.807) is 14.0 Å². The lowest BCUT2D eigenvalue weighted by Crippen LogP contribution is -2.36. The number of nitrogens with one attached hydrogen (secondary N) is 2. The van der Waals surface area contributed by atoms with Crippen molar-refractivity contribution in [3.8, 4) is 0 Å². The van der Waals surface area contributed by atoms with Crippen molar-refractivity contribution in [2.24, 2.45) is 14.1 Å². The van der Waals surface area contributed by atoms with Crippen molar-refractivity contribution < 1.29 is 4.52 Å². The molecule has 10 nitrogen and oxygen atoms in total. The van der Waals surface area contributed by atoms with Crippen LogP contribution in [0.4, 0.5) is 5.95 Å². The van der Waals surface area contributed by atoms with Gasteiger partial charge in [-0.2, -0.15) is 9.97 Å². The van der Waals surface area contributed by atoms with E-state index in [2.05, 4.69) is 25.4 Å². The molecule has 0 amide bonds. The molecular formula is C11H13N7O3. The minimum atomic E-state index is -0.432. The lowest BCUT2D eigenvalue weighted by Gasteiger charge is -2.00. The molecule has 0 bridgehead atoms. The van der Waals surface area contributed by atoms with Gasteiger partial charge in [-0.1, -0.05) is 5.16 Å². The topological polar surface area (TPSA) is 124 Å². The third kappa shape index (κ3) is 2.10. The molecule has 0 aliphatic heterocycles. The molecule has 3 rings (SSSR count). The highest BCUT2D eigenvalue weighted by molar-refractivity contribution is 5.72. The van der Waals surface area contributed by atoms with Crippen LogP contribution in [0.5, 0.6) is 0 Å². The van der Waals surface area contributed by atoms with Gasteiger partial charge in [-0.3, -0.25) is 13.9 Å². The van der Waals surface area contributed by atoms with Crippen LogP contribution in [0.2, 0.25) is 0 Å². The number of imidazole rings is 1. The van der Waals surface area contributed by atoms with Crippen LogP contribution in [0, 0.1) is 6.92 Å². The summed E-state index contributed by atoms with van der Waals surface area (Å²) >= 11 is 0. The van der Waals surface area contributed by atoms with Crippen molar-refractivity contribution in [1.82, 2.24) is 29.2 Å². The maximum Gasteiger partial charge on any atom is 0.332 e. The van der Waals surface area contributed by atoms with E-state index in [0.717, 1.165) is 4.57 Å². The van der Waals surface area contributed by atoms with Crippen LogP contribution >= 0.6 is 0 Å². The number of fused-ring (bicyclic) bond motifs is 1. The summed E-state index contributed by atoms with van der Waals surface area (Å²) in [6.45, 7) is 1.97. The third-order valence-corrected chi connectivity index (χ3v) is 3.07. The highest BCUT2D eigenvalue weighted by Gasteiger charge is 2.13. The van der Waals surface area contributed by atoms with E-state index >= 15 is 0 Å². The van der Waals surface area contributed by atoms with Crippen LogP contribution in [-0.4, -0.2) is 29.2 Å². The number of rotatable bonds is 3. The predicted molar refractivity (Wildman–Crippen MR) is 72.9 cm³/mol. The molecule has 110 valence electrons. The monoisotopic (exact) mass is 291 g/mol. The number of anilines is 1. The zero-order valence-electron chi connectivity index (χ0n) is 11.7. The van der Waals surface area contributed by atoms with E-state index in [1.165, 1.54) is 11.6 Å². The van der Waals surface area contributed by atoms with Crippen molar-refractivity contribution in [2.75, 3.05) is 5.32 Å². The van der Waals surface area contributed by atoms with Gasteiger partial charge >= 0.3 is 5.69 Å². The zero-order chi connectivity index (χ0) is 15.1. The van der Waals surface area contributed by atoms with E-state index in [1.807, 2.05) is 0 Å². The normalized spacial score (nSPS) is 11.2. The second kappa shape index (κ2) is 4.58. The van der Waals surface area contributed by atoms with Gasteiger partial charge in [-0.05, 0) is 6.92 Å². The largest absolute Gasteiger partial charge is 0.347 e. The number of hydrogen-bond donors (Lipinski definition) is 2. The summed E-state index contributed by atoms with van der Waals surface area (Å²) in [6, 6.07) is 0. The highest BCUT2D eigenvalue weighted by Crippen LogP contribution is 2.09. The van der Waals surface area contributed by atoms with Gasteiger partial charge in [0.15, 0.2) is 17.0 Å². The van der Waals surface area contributed by atoms with Crippen LogP contribution in [0.1, 0.15) is 11.7 Å². The van der Waals surface area contributed by atoms with Gasteiger partial charge in [0.05, 0.1) is 6.54 Å². The Kier molecular flexibility index (Phi) is 2.85. The van der Waals surface area contributed by atoms with E-state index in [9.17, 15) is 9.59 Å². The summed E-state index contributed by atoms with van der Waals surface area (Å²) in [4.78, 5) is 34.9. The fourth-order valence-electron chi connectivity index (χ4n) is 1.98. The van der Waals surface area contributed by atoms with E-state index < -0.39 is 11.2 Å². The fraction of sp³-hybridized carbons (Fsp3) is 0.364. The van der Waals surface area contributed by atoms with E-state index in [-0.39, 0.29) is 17.7 Å². The molecule has 10 heteroatoms. The quantitative estimate of drug-likeness (QED) is 0.651. The summed E-state index contributed by atoms with van der Waals surface area (Å²) in [6.07, 6.45) is 0. The SMILES string of the molecule is Cc1noc(CNc2nc3c([nH]2)c(=O)n(C)c(=O)n3C)n1. The third-order valence-electron chi connectivity index (χ3n) is 3.07. The molecular weight excluding hydrogens is 278 g/mol. The van der Waals surface area contributed by atoms with Gasteiger partial charge in [0.25, 0.3) is 5.56 Å². The molecule has 3 aromatic rings. The molecule has 3 aromatic heterocycles. The maximum atomic E-state index is 12.0. The number of hydrogen-bond acceptors (Lipinski definition) is 7. The smallest absolute Gasteiger partial charge is 0.332 e. The number of H-pyrrole nitrogens is 1. The Balaban J connectivity index is 1.98. The molecule has 0 spiro atoms. The molecule has 0 fully saturated rings. The highest BCUT2D eigenvalue weighted by atomic mass is 16.5. The average molecular weight is 291 g/mol. The Morgan fingerprint density at radius 1 is 1.24 bits per heavy atom. The summed E-state index contributed by atoms with van der Waals surface area (Å²) < 4.78 is 7.28. The Bertz CT molecular complexity index is 930. The molecule has 0 aromatic carbocycles. The predicted octanol–water partition coefficient (Wildman–Crippen LogP) is -0.736. The summed E-state index contributed by atoms with van der Waals surface area (Å²) in [5.74, 6) is 1.28. The van der Waals surface area contributed by atoms with E-state index in [4.69, 9.17) is 4.52 Å². The first-order valence-electron chi connectivity index (χ1n) is 6.16. The maximum absolute atomic E-state index is 12.0. The molecule has 21 heavy (non-hydrogen) atoms. The van der Waals surface area contributed by atoms with Crippen LogP contribution in [0.15, 0.2) is 14.1 Å². The van der Waals surface area contributed by atoms with Crippen molar-refractivity contribution in [2.45, 2.75) is 13.5 Å². The lowest BCUT2D eigenvalue weighted by molar-refractivity contribution is 0.379. The lowest BCUT2D eigenvalue weighted by atomic mass is 10.5. The van der Waals surface area contributed by atoms with Crippen LogP contribution in [0.3, 0.4) is 0 Å². The molecule has 3 heterocycles. The van der Waals surface area contributed by atoms with Crippen LogP contribution < -0.4 is 16.6 Å². The Morgan fingerprint density at radius 2 is 2.00 bits per heavy atom. The Hall–Kier alpha value is -2.91. The van der Waals surface area contributed by atoms with Crippen LogP contribution in [0.25, 0.3) is 11.2 Å². The first-order chi connectivity index (χ1) is 9.97. The molecule has 0 aliphatic rings. The van der Waals surface area contributed by atoms with Gasteiger partial charge in [0, 0.05) is 14.1 Å². The molecule has 0 saturated carbocycles. The van der Waals surface area contributed by atoms with Gasteiger partial charge < -0.3 is 14.8 Å². The zero-order valence-corrected chi connectivity index (χ0v) is 11.7. The minimum Gasteiger partial charge on any atom is -0.347 e. The fourth-order valence-corrected chi connectivity index (χ4v) is 1.98. The van der Waals surface area contributed by atoms with E-state index in [0.29, 0.717) is 17.7 Å². The first kappa shape index (κ1) is 13.1. The second-order valence-electron chi connectivity index (χ2n) is 4.58. The minimum absolute atomic E-state index is 0.254. The van der Waals surface area contributed by atoms with Crippen molar-refractivity contribution in [3.63, 3.8) is 0 Å². The second-order valence-corrected chi connectivity index (χ2v) is 4.58. The molecule has 0 unspecified atom stereocenters.